The second-order valence-electron chi connectivity index (χ2n) is 5.47. The van der Waals surface area contributed by atoms with Gasteiger partial charge >= 0.3 is 0 Å². The second kappa shape index (κ2) is 6.80. The molecule has 1 aliphatic rings. The van der Waals surface area contributed by atoms with Gasteiger partial charge in [0.15, 0.2) is 0 Å². The van der Waals surface area contributed by atoms with Crippen LogP contribution in [-0.4, -0.2) is 19.3 Å². The van der Waals surface area contributed by atoms with Crippen molar-refractivity contribution in [1.82, 2.24) is 0 Å². The molecular weight excluding hydrogens is 238 g/mol. The van der Waals surface area contributed by atoms with Gasteiger partial charge in [0.25, 0.3) is 0 Å². The third-order valence-corrected chi connectivity index (χ3v) is 3.92. The molecule has 0 radical (unpaired) electrons. The van der Waals surface area contributed by atoms with Crippen LogP contribution in [0.2, 0.25) is 0 Å². The molecule has 1 fully saturated rings. The smallest absolute Gasteiger partial charge is 0.120 e. The van der Waals surface area contributed by atoms with Gasteiger partial charge in [0, 0.05) is 5.92 Å². The summed E-state index contributed by atoms with van der Waals surface area (Å²) in [6, 6.07) is 7.89. The van der Waals surface area contributed by atoms with Crippen LogP contribution in [-0.2, 0) is 0 Å². The van der Waals surface area contributed by atoms with E-state index in [1.54, 1.807) is 0 Å². The first kappa shape index (κ1) is 14.2. The lowest BCUT2D eigenvalue weighted by Crippen LogP contribution is -2.37. The van der Waals surface area contributed by atoms with Crippen LogP contribution in [0.3, 0.4) is 0 Å². The Morgan fingerprint density at radius 1 is 1.16 bits per heavy atom. The van der Waals surface area contributed by atoms with Crippen LogP contribution >= 0.6 is 0 Å². The van der Waals surface area contributed by atoms with E-state index in [2.05, 4.69) is 6.92 Å². The second-order valence-corrected chi connectivity index (χ2v) is 5.47. The fourth-order valence-electron chi connectivity index (χ4n) is 2.76. The van der Waals surface area contributed by atoms with Crippen molar-refractivity contribution >= 4 is 0 Å². The Morgan fingerprint density at radius 2 is 1.84 bits per heavy atom. The molecule has 0 saturated heterocycles. The lowest BCUT2D eigenvalue weighted by molar-refractivity contribution is 0.0741. The van der Waals surface area contributed by atoms with Gasteiger partial charge in [0.1, 0.15) is 17.6 Å². The highest BCUT2D eigenvalue weighted by Crippen LogP contribution is 2.31. The Balaban J connectivity index is 1.98. The molecule has 0 aliphatic heterocycles. The van der Waals surface area contributed by atoms with Crippen molar-refractivity contribution in [3.8, 4) is 11.5 Å². The van der Waals surface area contributed by atoms with E-state index in [4.69, 9.17) is 15.2 Å². The van der Waals surface area contributed by atoms with Gasteiger partial charge < -0.3 is 15.2 Å². The molecule has 1 saturated carbocycles. The van der Waals surface area contributed by atoms with Crippen LogP contribution < -0.4 is 15.2 Å². The quantitative estimate of drug-likeness (QED) is 0.887. The van der Waals surface area contributed by atoms with Crippen LogP contribution in [0.1, 0.15) is 33.1 Å². The highest BCUT2D eigenvalue weighted by Gasteiger charge is 2.29. The molecular formula is C16H25NO2. The SMILES string of the molecule is CCOc1ccc(OC2CC(C)CCC2CN)cc1. The summed E-state index contributed by atoms with van der Waals surface area (Å²) < 4.78 is 11.6. The summed E-state index contributed by atoms with van der Waals surface area (Å²) in [6.07, 6.45) is 3.81. The molecule has 1 aromatic rings. The fraction of sp³-hybridized carbons (Fsp3) is 0.625. The zero-order valence-corrected chi connectivity index (χ0v) is 12.0. The predicted molar refractivity (Wildman–Crippen MR) is 77.6 cm³/mol. The number of ether oxygens (including phenoxy) is 2. The maximum absolute atomic E-state index is 6.13. The highest BCUT2D eigenvalue weighted by molar-refractivity contribution is 5.31. The molecule has 0 spiro atoms. The van der Waals surface area contributed by atoms with Crippen LogP contribution in [0.25, 0.3) is 0 Å². The van der Waals surface area contributed by atoms with E-state index in [0.29, 0.717) is 19.1 Å². The maximum Gasteiger partial charge on any atom is 0.120 e. The minimum Gasteiger partial charge on any atom is -0.494 e. The van der Waals surface area contributed by atoms with Crippen molar-refractivity contribution in [2.24, 2.45) is 17.6 Å². The average Bonchev–Trinajstić information content (AvgIpc) is 2.42. The Bertz CT molecular complexity index is 377. The summed E-state index contributed by atoms with van der Waals surface area (Å²) in [5, 5.41) is 0. The van der Waals surface area contributed by atoms with E-state index in [1.807, 2.05) is 31.2 Å². The molecule has 0 amide bonds. The van der Waals surface area contributed by atoms with Crippen LogP contribution in [0.4, 0.5) is 0 Å². The number of nitrogens with two attached hydrogens (primary N) is 1. The molecule has 3 heteroatoms. The molecule has 0 bridgehead atoms. The fourth-order valence-corrected chi connectivity index (χ4v) is 2.76. The van der Waals surface area contributed by atoms with Crippen molar-refractivity contribution in [2.45, 2.75) is 39.2 Å². The Labute approximate surface area is 116 Å². The number of hydrogen-bond donors (Lipinski definition) is 1. The van der Waals surface area contributed by atoms with Gasteiger partial charge in [-0.25, -0.2) is 0 Å². The summed E-state index contributed by atoms with van der Waals surface area (Å²) in [4.78, 5) is 0. The summed E-state index contributed by atoms with van der Waals surface area (Å²) in [6.45, 7) is 5.69. The molecule has 3 unspecified atom stereocenters. The van der Waals surface area contributed by atoms with Gasteiger partial charge in [-0.05, 0) is 56.5 Å². The highest BCUT2D eigenvalue weighted by atomic mass is 16.5. The Morgan fingerprint density at radius 3 is 2.47 bits per heavy atom. The first-order valence-electron chi connectivity index (χ1n) is 7.32. The zero-order valence-electron chi connectivity index (χ0n) is 12.0. The van der Waals surface area contributed by atoms with Gasteiger partial charge in [-0.2, -0.15) is 0 Å². The van der Waals surface area contributed by atoms with E-state index in [9.17, 15) is 0 Å². The third-order valence-electron chi connectivity index (χ3n) is 3.92. The maximum atomic E-state index is 6.13. The van der Waals surface area contributed by atoms with Crippen molar-refractivity contribution in [2.75, 3.05) is 13.2 Å². The van der Waals surface area contributed by atoms with E-state index in [1.165, 1.54) is 12.8 Å². The normalized spacial score (nSPS) is 27.0. The molecule has 3 atom stereocenters. The van der Waals surface area contributed by atoms with Crippen molar-refractivity contribution in [3.63, 3.8) is 0 Å². The van der Waals surface area contributed by atoms with Gasteiger partial charge in [-0.3, -0.25) is 0 Å². The van der Waals surface area contributed by atoms with Crippen molar-refractivity contribution in [3.05, 3.63) is 24.3 Å². The van der Waals surface area contributed by atoms with Gasteiger partial charge in [-0.1, -0.05) is 13.3 Å². The first-order chi connectivity index (χ1) is 9.22. The lowest BCUT2D eigenvalue weighted by Gasteiger charge is -2.34. The van der Waals surface area contributed by atoms with Crippen molar-refractivity contribution in [1.29, 1.82) is 0 Å². The molecule has 1 aliphatic carbocycles. The molecule has 0 heterocycles. The molecule has 1 aromatic carbocycles. The molecule has 106 valence electrons. The molecule has 3 nitrogen and oxygen atoms in total. The van der Waals surface area contributed by atoms with Crippen LogP contribution in [0.15, 0.2) is 24.3 Å². The number of rotatable bonds is 5. The molecule has 19 heavy (non-hydrogen) atoms. The molecule has 2 N–H and O–H groups in total. The summed E-state index contributed by atoms with van der Waals surface area (Å²) in [5.74, 6) is 3.03. The first-order valence-corrected chi connectivity index (χ1v) is 7.32. The zero-order chi connectivity index (χ0) is 13.7. The van der Waals surface area contributed by atoms with Gasteiger partial charge in [0.05, 0.1) is 6.61 Å². The van der Waals surface area contributed by atoms with Gasteiger partial charge in [-0.15, -0.1) is 0 Å². The third kappa shape index (κ3) is 3.87. The largest absolute Gasteiger partial charge is 0.494 e. The predicted octanol–water partition coefficient (Wildman–Crippen LogP) is 3.23. The van der Waals surface area contributed by atoms with E-state index >= 15 is 0 Å². The van der Waals surface area contributed by atoms with Crippen LogP contribution in [0.5, 0.6) is 11.5 Å². The summed E-state index contributed by atoms with van der Waals surface area (Å²) >= 11 is 0. The van der Waals surface area contributed by atoms with Crippen molar-refractivity contribution < 1.29 is 9.47 Å². The summed E-state index contributed by atoms with van der Waals surface area (Å²) in [7, 11) is 0. The average molecular weight is 263 g/mol. The minimum absolute atomic E-state index is 0.256. The summed E-state index contributed by atoms with van der Waals surface area (Å²) in [5.41, 5.74) is 5.86. The van der Waals surface area contributed by atoms with Crippen LogP contribution in [0, 0.1) is 11.8 Å². The van der Waals surface area contributed by atoms with E-state index in [0.717, 1.165) is 23.8 Å². The monoisotopic (exact) mass is 263 g/mol. The van der Waals surface area contributed by atoms with Gasteiger partial charge in [0.2, 0.25) is 0 Å². The van der Waals surface area contributed by atoms with E-state index < -0.39 is 0 Å². The topological polar surface area (TPSA) is 44.5 Å². The number of benzene rings is 1. The minimum atomic E-state index is 0.256. The standard InChI is InChI=1S/C16H25NO2/c1-3-18-14-6-8-15(9-7-14)19-16-10-12(2)4-5-13(16)11-17/h6-9,12-13,16H,3-5,10-11,17H2,1-2H3. The Kier molecular flexibility index (Phi) is 5.08. The molecule has 0 aromatic heterocycles. The number of hydrogen-bond acceptors (Lipinski definition) is 3. The lowest BCUT2D eigenvalue weighted by atomic mass is 9.80. The molecule has 2 rings (SSSR count). The Hall–Kier alpha value is -1.22. The van der Waals surface area contributed by atoms with E-state index in [-0.39, 0.29) is 6.10 Å².